The van der Waals surface area contributed by atoms with E-state index in [1.54, 1.807) is 31.5 Å². The van der Waals surface area contributed by atoms with Gasteiger partial charge in [0.1, 0.15) is 0 Å². The van der Waals surface area contributed by atoms with Crippen LogP contribution in [0, 0.1) is 0 Å². The Labute approximate surface area is 136 Å². The highest BCUT2D eigenvalue weighted by molar-refractivity contribution is 5.94. The van der Waals surface area contributed by atoms with E-state index in [1.807, 2.05) is 17.1 Å². The number of ether oxygens (including phenoxy) is 2. The third-order valence-corrected chi connectivity index (χ3v) is 3.20. The molecule has 0 saturated heterocycles. The number of aryl methyl sites for hydroxylation is 1. The Bertz CT molecular complexity index is 585. The van der Waals surface area contributed by atoms with Crippen LogP contribution in [0.15, 0.2) is 36.9 Å². The van der Waals surface area contributed by atoms with Crippen LogP contribution in [-0.4, -0.2) is 29.1 Å². The van der Waals surface area contributed by atoms with Crippen molar-refractivity contribution in [1.82, 2.24) is 9.55 Å². The molecule has 2 aromatic rings. The summed E-state index contributed by atoms with van der Waals surface area (Å²) in [6.07, 6.45) is 7.49. The van der Waals surface area contributed by atoms with Crippen LogP contribution in [0.4, 0.5) is 0 Å². The van der Waals surface area contributed by atoms with Crippen LogP contribution >= 0.6 is 12.4 Å². The first-order valence-corrected chi connectivity index (χ1v) is 6.98. The normalized spacial score (nSPS) is 9.91. The fourth-order valence-corrected chi connectivity index (χ4v) is 2.00. The molecule has 0 amide bonds. The van der Waals surface area contributed by atoms with Crippen LogP contribution in [0.2, 0.25) is 0 Å². The van der Waals surface area contributed by atoms with Crippen molar-refractivity contribution in [3.8, 4) is 11.5 Å². The molecule has 1 heterocycles. The van der Waals surface area contributed by atoms with Crippen molar-refractivity contribution >= 4 is 18.2 Å². The third-order valence-electron chi connectivity index (χ3n) is 3.20. The lowest BCUT2D eigenvalue weighted by molar-refractivity contribution is 0.101. The van der Waals surface area contributed by atoms with Crippen molar-refractivity contribution < 1.29 is 14.3 Å². The van der Waals surface area contributed by atoms with Crippen LogP contribution in [0.3, 0.4) is 0 Å². The fourth-order valence-electron chi connectivity index (χ4n) is 2.00. The largest absolute Gasteiger partial charge is 0.493 e. The summed E-state index contributed by atoms with van der Waals surface area (Å²) in [4.78, 5) is 15.3. The highest BCUT2D eigenvalue weighted by Crippen LogP contribution is 2.28. The first kappa shape index (κ1) is 18.0. The van der Waals surface area contributed by atoms with Crippen molar-refractivity contribution in [2.45, 2.75) is 26.3 Å². The summed E-state index contributed by atoms with van der Waals surface area (Å²) in [5, 5.41) is 0. The molecule has 0 aliphatic rings. The summed E-state index contributed by atoms with van der Waals surface area (Å²) in [7, 11) is 1.57. The number of carbonyl (C=O) groups excluding carboxylic acids is 1. The lowest BCUT2D eigenvalue weighted by atomic mass is 10.1. The van der Waals surface area contributed by atoms with Gasteiger partial charge >= 0.3 is 0 Å². The zero-order valence-electron chi connectivity index (χ0n) is 12.8. The zero-order chi connectivity index (χ0) is 15.1. The highest BCUT2D eigenvalue weighted by Gasteiger charge is 2.08. The summed E-state index contributed by atoms with van der Waals surface area (Å²) >= 11 is 0. The molecule has 120 valence electrons. The number of Topliss-reactive ketones (excluding diaryl/α,β-unsaturated/α-hetero) is 1. The molecule has 0 N–H and O–H groups in total. The van der Waals surface area contributed by atoms with Crippen LogP contribution in [0.5, 0.6) is 11.5 Å². The number of rotatable bonds is 8. The Morgan fingerprint density at radius 2 is 2.09 bits per heavy atom. The van der Waals surface area contributed by atoms with Gasteiger partial charge in [-0.3, -0.25) is 4.79 Å². The van der Waals surface area contributed by atoms with E-state index in [0.717, 1.165) is 19.4 Å². The van der Waals surface area contributed by atoms with Gasteiger partial charge in [0.15, 0.2) is 17.3 Å². The summed E-state index contributed by atoms with van der Waals surface area (Å²) in [6, 6.07) is 5.25. The Hall–Kier alpha value is -2.01. The van der Waals surface area contributed by atoms with Gasteiger partial charge in [-0.1, -0.05) is 0 Å². The third kappa shape index (κ3) is 5.07. The molecule has 0 bridgehead atoms. The molecule has 5 nitrogen and oxygen atoms in total. The lowest BCUT2D eigenvalue weighted by Crippen LogP contribution is -2.03. The number of halogens is 1. The van der Waals surface area contributed by atoms with E-state index in [2.05, 4.69) is 4.98 Å². The maximum absolute atomic E-state index is 11.3. The van der Waals surface area contributed by atoms with E-state index < -0.39 is 0 Å². The molecule has 0 atom stereocenters. The van der Waals surface area contributed by atoms with Crippen molar-refractivity contribution in [1.29, 1.82) is 0 Å². The Morgan fingerprint density at radius 1 is 1.27 bits per heavy atom. The maximum Gasteiger partial charge on any atom is 0.161 e. The number of aromatic nitrogens is 2. The van der Waals surface area contributed by atoms with Crippen molar-refractivity contribution in [2.75, 3.05) is 13.7 Å². The summed E-state index contributed by atoms with van der Waals surface area (Å²) in [6.45, 7) is 3.08. The number of ketones is 1. The minimum absolute atomic E-state index is 0. The number of unbranched alkanes of at least 4 members (excludes halogenated alkanes) is 1. The molecule has 0 fully saturated rings. The smallest absolute Gasteiger partial charge is 0.161 e. The van der Waals surface area contributed by atoms with E-state index >= 15 is 0 Å². The Kier molecular flexibility index (Phi) is 7.46. The molecule has 1 aromatic heterocycles. The molecule has 22 heavy (non-hydrogen) atoms. The van der Waals surface area contributed by atoms with Crippen molar-refractivity contribution in [3.63, 3.8) is 0 Å². The number of imidazole rings is 1. The van der Waals surface area contributed by atoms with Crippen molar-refractivity contribution in [2.24, 2.45) is 0 Å². The molecular formula is C16H21ClN2O3. The first-order valence-electron chi connectivity index (χ1n) is 6.98. The molecule has 1 aromatic carbocycles. The Balaban J connectivity index is 0.00000242. The first-order chi connectivity index (χ1) is 10.2. The number of hydrogen-bond donors (Lipinski definition) is 0. The molecule has 0 saturated carbocycles. The second kappa shape index (κ2) is 9.10. The molecular weight excluding hydrogens is 304 g/mol. The topological polar surface area (TPSA) is 53.4 Å². The quantitative estimate of drug-likeness (QED) is 0.552. The van der Waals surface area contributed by atoms with Gasteiger partial charge < -0.3 is 14.0 Å². The van der Waals surface area contributed by atoms with Gasteiger partial charge in [-0.25, -0.2) is 4.98 Å². The number of carbonyl (C=O) groups is 1. The number of benzene rings is 1. The van der Waals surface area contributed by atoms with Gasteiger partial charge in [0.25, 0.3) is 0 Å². The average molecular weight is 325 g/mol. The predicted octanol–water partition coefficient (Wildman–Crippen LogP) is 3.38. The monoisotopic (exact) mass is 324 g/mol. The summed E-state index contributed by atoms with van der Waals surface area (Å²) in [5.41, 5.74) is 0.624. The lowest BCUT2D eigenvalue weighted by Gasteiger charge is -2.11. The number of nitrogens with zero attached hydrogens (tertiary/aromatic N) is 2. The van der Waals surface area contributed by atoms with Gasteiger partial charge in [-0.05, 0) is 38.0 Å². The fraction of sp³-hybridized carbons (Fsp3) is 0.375. The zero-order valence-corrected chi connectivity index (χ0v) is 13.6. The van der Waals surface area contributed by atoms with Gasteiger partial charge in [-0.15, -0.1) is 12.4 Å². The molecule has 0 aliphatic carbocycles. The standard InChI is InChI=1S/C16H20N2O3.ClH/c1-13(19)14-5-6-15(16(11-14)20-2)21-10-4-3-8-18-9-7-17-12-18;/h5-7,9,11-12H,3-4,8,10H2,1-2H3;1H. The van der Waals surface area contributed by atoms with Gasteiger partial charge in [0, 0.05) is 24.5 Å². The van der Waals surface area contributed by atoms with E-state index in [-0.39, 0.29) is 18.2 Å². The van der Waals surface area contributed by atoms with Crippen LogP contribution < -0.4 is 9.47 Å². The minimum Gasteiger partial charge on any atom is -0.493 e. The molecule has 6 heteroatoms. The molecule has 0 radical (unpaired) electrons. The summed E-state index contributed by atoms with van der Waals surface area (Å²) < 4.78 is 13.0. The van der Waals surface area contributed by atoms with Crippen LogP contribution in [0.1, 0.15) is 30.1 Å². The van der Waals surface area contributed by atoms with Gasteiger partial charge in [0.2, 0.25) is 0 Å². The van der Waals surface area contributed by atoms with E-state index in [4.69, 9.17) is 9.47 Å². The van der Waals surface area contributed by atoms with Crippen molar-refractivity contribution in [3.05, 3.63) is 42.5 Å². The molecule has 0 spiro atoms. The van der Waals surface area contributed by atoms with Gasteiger partial charge in [-0.2, -0.15) is 0 Å². The molecule has 0 aliphatic heterocycles. The highest BCUT2D eigenvalue weighted by atomic mass is 35.5. The van der Waals surface area contributed by atoms with E-state index in [0.29, 0.717) is 23.7 Å². The van der Waals surface area contributed by atoms with E-state index in [9.17, 15) is 4.79 Å². The van der Waals surface area contributed by atoms with E-state index in [1.165, 1.54) is 6.92 Å². The maximum atomic E-state index is 11.3. The SMILES string of the molecule is COc1cc(C(C)=O)ccc1OCCCCn1ccnc1.Cl. The van der Waals surface area contributed by atoms with Crippen LogP contribution in [0.25, 0.3) is 0 Å². The number of hydrogen-bond acceptors (Lipinski definition) is 4. The molecule has 0 unspecified atom stereocenters. The van der Waals surface area contributed by atoms with Gasteiger partial charge in [0.05, 0.1) is 20.0 Å². The Morgan fingerprint density at radius 3 is 2.73 bits per heavy atom. The number of methoxy groups -OCH3 is 1. The predicted molar refractivity (Wildman–Crippen MR) is 87.2 cm³/mol. The molecule has 2 rings (SSSR count). The summed E-state index contributed by atoms with van der Waals surface area (Å²) in [5.74, 6) is 1.28. The van der Waals surface area contributed by atoms with Crippen LogP contribution in [-0.2, 0) is 6.54 Å². The second-order valence-electron chi connectivity index (χ2n) is 4.78. The minimum atomic E-state index is 0. The average Bonchev–Trinajstić information content (AvgIpc) is 3.00. The second-order valence-corrected chi connectivity index (χ2v) is 4.78.